The molecule has 0 spiro atoms. The fraction of sp³-hybridized carbons (Fsp3) is 0.0909. The molecule has 0 aliphatic carbocycles. The molecule has 0 aliphatic heterocycles. The van der Waals surface area contributed by atoms with E-state index in [2.05, 4.69) is 10.4 Å². The Bertz CT molecular complexity index is 1310. The molecule has 0 saturated heterocycles. The maximum absolute atomic E-state index is 12.6. The van der Waals surface area contributed by atoms with Crippen LogP contribution in [0.1, 0.15) is 28.0 Å². The lowest BCUT2D eigenvalue weighted by Gasteiger charge is -2.08. The maximum atomic E-state index is 12.6. The number of rotatable bonds is 5. The van der Waals surface area contributed by atoms with Gasteiger partial charge >= 0.3 is 5.97 Å². The number of para-hydroxylation sites is 1. The molecular formula is C22H17N3O5. The van der Waals surface area contributed by atoms with Gasteiger partial charge in [-0.2, -0.15) is 5.10 Å². The molecule has 0 saturated carbocycles. The van der Waals surface area contributed by atoms with Gasteiger partial charge in [0.1, 0.15) is 5.58 Å². The first-order valence-corrected chi connectivity index (χ1v) is 9.22. The highest BCUT2D eigenvalue weighted by Crippen LogP contribution is 2.17. The summed E-state index contributed by atoms with van der Waals surface area (Å²) >= 11 is 0. The minimum atomic E-state index is -0.553. The van der Waals surface area contributed by atoms with Gasteiger partial charge in [-0.05, 0) is 43.3 Å². The third-order valence-corrected chi connectivity index (χ3v) is 4.30. The molecule has 8 heteroatoms. The van der Waals surface area contributed by atoms with E-state index in [0.29, 0.717) is 22.3 Å². The van der Waals surface area contributed by atoms with Crippen molar-refractivity contribution in [3.63, 3.8) is 0 Å². The van der Waals surface area contributed by atoms with Crippen molar-refractivity contribution >= 4 is 28.5 Å². The average Bonchev–Trinajstić information content (AvgIpc) is 3.25. The number of hydrogen-bond donors (Lipinski definition) is 1. The fourth-order valence-corrected chi connectivity index (χ4v) is 2.92. The van der Waals surface area contributed by atoms with Crippen LogP contribution in [-0.4, -0.2) is 28.3 Å². The summed E-state index contributed by atoms with van der Waals surface area (Å²) in [7, 11) is 0. The van der Waals surface area contributed by atoms with E-state index < -0.39 is 11.9 Å². The number of ether oxygens (including phenoxy) is 1. The number of fused-ring (bicyclic) bond motifs is 1. The van der Waals surface area contributed by atoms with Crippen LogP contribution in [0.25, 0.3) is 16.7 Å². The summed E-state index contributed by atoms with van der Waals surface area (Å²) in [5.74, 6) is -1.15. The molecule has 0 bridgehead atoms. The Morgan fingerprint density at radius 2 is 1.93 bits per heavy atom. The van der Waals surface area contributed by atoms with Crippen LogP contribution in [-0.2, 0) is 4.74 Å². The third kappa shape index (κ3) is 3.83. The van der Waals surface area contributed by atoms with E-state index >= 15 is 0 Å². The van der Waals surface area contributed by atoms with Gasteiger partial charge in [0.25, 0.3) is 5.91 Å². The Morgan fingerprint density at radius 1 is 1.10 bits per heavy atom. The van der Waals surface area contributed by atoms with Crippen molar-refractivity contribution in [1.29, 1.82) is 0 Å². The second kappa shape index (κ2) is 8.04. The summed E-state index contributed by atoms with van der Waals surface area (Å²) in [4.78, 5) is 36.6. The topological polar surface area (TPSA) is 103 Å². The minimum Gasteiger partial charge on any atom is -0.461 e. The second-order valence-electron chi connectivity index (χ2n) is 6.34. The lowest BCUT2D eigenvalue weighted by Crippen LogP contribution is -2.15. The van der Waals surface area contributed by atoms with Crippen LogP contribution in [0.3, 0.4) is 0 Å². The van der Waals surface area contributed by atoms with E-state index in [4.69, 9.17) is 9.15 Å². The molecule has 2 aromatic heterocycles. The Kier molecular flexibility index (Phi) is 5.13. The van der Waals surface area contributed by atoms with Gasteiger partial charge in [-0.15, -0.1) is 0 Å². The smallest absolute Gasteiger partial charge is 0.358 e. The molecule has 0 aliphatic rings. The van der Waals surface area contributed by atoms with Crippen LogP contribution >= 0.6 is 0 Å². The number of aromatic nitrogens is 2. The van der Waals surface area contributed by atoms with Gasteiger partial charge in [-0.25, -0.2) is 9.48 Å². The predicted octanol–water partition coefficient (Wildman–Crippen LogP) is 3.41. The first kappa shape index (κ1) is 19.1. The molecule has 0 unspecified atom stereocenters. The van der Waals surface area contributed by atoms with E-state index in [-0.39, 0.29) is 23.5 Å². The van der Waals surface area contributed by atoms with Gasteiger partial charge < -0.3 is 14.5 Å². The van der Waals surface area contributed by atoms with Crippen molar-refractivity contribution in [3.05, 3.63) is 88.5 Å². The summed E-state index contributed by atoms with van der Waals surface area (Å²) < 4.78 is 12.0. The van der Waals surface area contributed by atoms with E-state index in [1.54, 1.807) is 67.7 Å². The molecule has 30 heavy (non-hydrogen) atoms. The number of nitrogens with zero attached hydrogens (tertiary/aromatic N) is 2. The Balaban J connectivity index is 1.57. The van der Waals surface area contributed by atoms with E-state index in [9.17, 15) is 14.4 Å². The minimum absolute atomic E-state index is 0.0900. The quantitative estimate of drug-likeness (QED) is 0.512. The van der Waals surface area contributed by atoms with Crippen LogP contribution in [0, 0.1) is 0 Å². The molecule has 8 nitrogen and oxygen atoms in total. The van der Waals surface area contributed by atoms with Gasteiger partial charge in [0.15, 0.2) is 16.9 Å². The van der Waals surface area contributed by atoms with E-state index in [1.165, 1.54) is 10.7 Å². The number of hydrogen-bond acceptors (Lipinski definition) is 6. The molecule has 1 amide bonds. The van der Waals surface area contributed by atoms with E-state index in [0.717, 1.165) is 0 Å². The first-order valence-electron chi connectivity index (χ1n) is 9.22. The van der Waals surface area contributed by atoms with Crippen molar-refractivity contribution < 1.29 is 18.7 Å². The molecule has 1 N–H and O–H groups in total. The standard InChI is InChI=1S/C22H17N3O5/c1-2-29-22(28)17-10-11-25(24-17)15-7-5-6-14(12-15)23-21(27)20-13-18(26)16-8-3-4-9-19(16)30-20/h3-13H,2H2,1H3,(H,23,27). The van der Waals surface area contributed by atoms with Gasteiger partial charge in [-0.3, -0.25) is 9.59 Å². The highest BCUT2D eigenvalue weighted by Gasteiger charge is 2.14. The Labute approximate surface area is 170 Å². The highest BCUT2D eigenvalue weighted by molar-refractivity contribution is 6.03. The van der Waals surface area contributed by atoms with Crippen molar-refractivity contribution in [3.8, 4) is 5.69 Å². The zero-order valence-electron chi connectivity index (χ0n) is 16.0. The van der Waals surface area contributed by atoms with E-state index in [1.807, 2.05) is 0 Å². The van der Waals surface area contributed by atoms with Gasteiger partial charge in [-0.1, -0.05) is 18.2 Å². The Hall–Kier alpha value is -4.20. The summed E-state index contributed by atoms with van der Waals surface area (Å²) in [6.45, 7) is 1.98. The molecule has 2 aromatic carbocycles. The highest BCUT2D eigenvalue weighted by atomic mass is 16.5. The number of anilines is 1. The van der Waals surface area contributed by atoms with Crippen molar-refractivity contribution in [2.24, 2.45) is 0 Å². The van der Waals surface area contributed by atoms with Crippen LogP contribution < -0.4 is 10.7 Å². The molecule has 2 heterocycles. The van der Waals surface area contributed by atoms with Gasteiger partial charge in [0.05, 0.1) is 17.7 Å². The number of amides is 1. The average molecular weight is 403 g/mol. The van der Waals surface area contributed by atoms with Gasteiger partial charge in [0, 0.05) is 18.0 Å². The van der Waals surface area contributed by atoms with Crippen LogP contribution in [0.2, 0.25) is 0 Å². The summed E-state index contributed by atoms with van der Waals surface area (Å²) in [5, 5.41) is 7.31. The molecule has 0 radical (unpaired) electrons. The number of nitrogens with one attached hydrogen (secondary N) is 1. The number of carbonyl (C=O) groups is 2. The van der Waals surface area contributed by atoms with Crippen LogP contribution in [0.5, 0.6) is 0 Å². The fourth-order valence-electron chi connectivity index (χ4n) is 2.92. The zero-order valence-corrected chi connectivity index (χ0v) is 16.0. The number of benzene rings is 2. The van der Waals surface area contributed by atoms with Crippen molar-refractivity contribution in [1.82, 2.24) is 9.78 Å². The summed E-state index contributed by atoms with van der Waals surface area (Å²) in [6, 6.07) is 16.3. The largest absolute Gasteiger partial charge is 0.461 e. The van der Waals surface area contributed by atoms with Crippen LogP contribution in [0.15, 0.2) is 76.1 Å². The predicted molar refractivity (Wildman–Crippen MR) is 110 cm³/mol. The monoisotopic (exact) mass is 403 g/mol. The lowest BCUT2D eigenvalue weighted by atomic mass is 10.2. The van der Waals surface area contributed by atoms with Crippen LogP contribution in [0.4, 0.5) is 5.69 Å². The molecular weight excluding hydrogens is 386 g/mol. The molecule has 4 rings (SSSR count). The van der Waals surface area contributed by atoms with Crippen molar-refractivity contribution in [2.75, 3.05) is 11.9 Å². The van der Waals surface area contributed by atoms with Crippen molar-refractivity contribution in [2.45, 2.75) is 6.92 Å². The molecule has 0 atom stereocenters. The van der Waals surface area contributed by atoms with Gasteiger partial charge in [0.2, 0.25) is 0 Å². The maximum Gasteiger partial charge on any atom is 0.358 e. The summed E-state index contributed by atoms with van der Waals surface area (Å²) in [5.41, 5.74) is 1.33. The second-order valence-corrected chi connectivity index (χ2v) is 6.34. The Morgan fingerprint density at radius 3 is 2.77 bits per heavy atom. The molecule has 150 valence electrons. The summed E-state index contributed by atoms with van der Waals surface area (Å²) in [6.07, 6.45) is 1.62. The molecule has 0 fully saturated rings. The zero-order chi connectivity index (χ0) is 21.1. The SMILES string of the molecule is CCOC(=O)c1ccn(-c2cccc(NC(=O)c3cc(=O)c4ccccc4o3)c2)n1. The molecule has 4 aromatic rings. The first-order chi connectivity index (χ1) is 14.5. The number of esters is 1. The third-order valence-electron chi connectivity index (χ3n) is 4.30. The normalized spacial score (nSPS) is 10.7. The number of carbonyl (C=O) groups excluding carboxylic acids is 2. The lowest BCUT2D eigenvalue weighted by molar-refractivity contribution is 0.0519.